The van der Waals surface area contributed by atoms with Gasteiger partial charge in [-0.15, -0.1) is 0 Å². The summed E-state index contributed by atoms with van der Waals surface area (Å²) in [6, 6.07) is 17.3. The van der Waals surface area contributed by atoms with E-state index < -0.39 is 0 Å². The van der Waals surface area contributed by atoms with E-state index in [0.717, 1.165) is 47.0 Å². The van der Waals surface area contributed by atoms with Crippen LogP contribution in [0.4, 0.5) is 5.69 Å². The van der Waals surface area contributed by atoms with E-state index in [1.165, 1.54) is 32.8 Å². The summed E-state index contributed by atoms with van der Waals surface area (Å²) in [6.07, 6.45) is 10.7. The highest BCUT2D eigenvalue weighted by molar-refractivity contribution is 6.33. The van der Waals surface area contributed by atoms with Crippen LogP contribution in [0.3, 0.4) is 0 Å². The second kappa shape index (κ2) is 8.72. The largest absolute Gasteiger partial charge is 0.379 e. The highest BCUT2D eigenvalue weighted by Gasteiger charge is 2.08. The van der Waals surface area contributed by atoms with Crippen LogP contribution in [0.25, 0.3) is 36.2 Å². The molecule has 0 amide bonds. The number of aromatic nitrogens is 1. The molecule has 32 heavy (non-hydrogen) atoms. The molecule has 0 spiro atoms. The van der Waals surface area contributed by atoms with Gasteiger partial charge in [0.2, 0.25) is 0 Å². The third-order valence-electron chi connectivity index (χ3n) is 6.44. The number of hydrogen-bond donors (Lipinski definition) is 2. The monoisotopic (exact) mass is 438 g/mol. The van der Waals surface area contributed by atoms with E-state index in [1.807, 2.05) is 0 Å². The predicted molar refractivity (Wildman–Crippen MR) is 139 cm³/mol. The molecule has 5 rings (SSSR count). The number of benzene rings is 3. The minimum atomic E-state index is 0.677. The molecule has 0 atom stereocenters. The summed E-state index contributed by atoms with van der Waals surface area (Å²) < 4.78 is 0. The van der Waals surface area contributed by atoms with Crippen molar-refractivity contribution >= 4 is 53.5 Å². The average Bonchev–Trinajstić information content (AvgIpc) is 3.25. The van der Waals surface area contributed by atoms with Crippen molar-refractivity contribution in [2.45, 2.75) is 32.2 Å². The summed E-state index contributed by atoms with van der Waals surface area (Å²) in [5, 5.41) is 9.66. The number of halogens is 1. The standard InChI is InChI=1S/C29H27ClN2/c1-19-24-7-3-4-8-25(24)20(2)29(28(19)30)32-17-22-13-11-21(12-14-22)15-16-23-18-31-27-10-6-5-9-26(23)27/h5-14,18,31-32H,1-4,15-17H2. The van der Waals surface area contributed by atoms with Gasteiger partial charge in [0, 0.05) is 23.6 Å². The number of rotatable bonds is 6. The molecule has 0 saturated carbocycles. The van der Waals surface area contributed by atoms with Crippen LogP contribution >= 0.6 is 11.6 Å². The Labute approximate surface area is 193 Å². The van der Waals surface area contributed by atoms with Crippen LogP contribution in [0.1, 0.15) is 29.5 Å². The highest BCUT2D eigenvalue weighted by atomic mass is 35.5. The molecule has 2 N–H and O–H groups in total. The van der Waals surface area contributed by atoms with E-state index >= 15 is 0 Å². The van der Waals surface area contributed by atoms with Crippen molar-refractivity contribution in [2.24, 2.45) is 0 Å². The molecule has 1 aromatic heterocycles. The van der Waals surface area contributed by atoms with Gasteiger partial charge in [0.05, 0.1) is 10.7 Å². The fourth-order valence-corrected chi connectivity index (χ4v) is 4.88. The first-order valence-electron chi connectivity index (χ1n) is 11.2. The summed E-state index contributed by atoms with van der Waals surface area (Å²) in [6.45, 7) is 9.21. The first-order chi connectivity index (χ1) is 15.6. The molecule has 3 heteroatoms. The van der Waals surface area contributed by atoms with Gasteiger partial charge in [-0.1, -0.05) is 79.4 Å². The number of anilines is 1. The third kappa shape index (κ3) is 3.87. The predicted octanol–water partition coefficient (Wildman–Crippen LogP) is 4.39. The maximum absolute atomic E-state index is 6.66. The van der Waals surface area contributed by atoms with Gasteiger partial charge >= 0.3 is 0 Å². The fourth-order valence-electron chi connectivity index (χ4n) is 4.60. The molecule has 1 heterocycles. The van der Waals surface area contributed by atoms with Crippen molar-refractivity contribution in [3.05, 3.63) is 97.3 Å². The lowest BCUT2D eigenvalue weighted by atomic mass is 10.0. The summed E-state index contributed by atoms with van der Waals surface area (Å²) in [4.78, 5) is 3.36. The first-order valence-corrected chi connectivity index (χ1v) is 11.6. The van der Waals surface area contributed by atoms with Gasteiger partial charge in [-0.2, -0.15) is 0 Å². The van der Waals surface area contributed by atoms with Gasteiger partial charge in [-0.25, -0.2) is 0 Å². The molecular weight excluding hydrogens is 412 g/mol. The maximum atomic E-state index is 6.66. The lowest BCUT2D eigenvalue weighted by Crippen LogP contribution is -2.49. The van der Waals surface area contributed by atoms with Gasteiger partial charge in [0.1, 0.15) is 0 Å². The Morgan fingerprint density at radius 1 is 0.844 bits per heavy atom. The van der Waals surface area contributed by atoms with Crippen molar-refractivity contribution in [2.75, 3.05) is 5.32 Å². The molecule has 0 aliphatic heterocycles. The molecule has 0 radical (unpaired) electrons. The molecule has 0 fully saturated rings. The van der Waals surface area contributed by atoms with Gasteiger partial charge in [0.15, 0.2) is 0 Å². The maximum Gasteiger partial charge on any atom is 0.0716 e. The smallest absolute Gasteiger partial charge is 0.0716 e. The zero-order valence-electron chi connectivity index (χ0n) is 18.2. The molecule has 0 bridgehead atoms. The summed E-state index contributed by atoms with van der Waals surface area (Å²) >= 11 is 6.66. The Bertz CT molecular complexity index is 1510. The molecule has 3 aromatic carbocycles. The lowest BCUT2D eigenvalue weighted by Gasteiger charge is -2.13. The summed E-state index contributed by atoms with van der Waals surface area (Å²) in [5.74, 6) is 0. The molecule has 2 nitrogen and oxygen atoms in total. The number of para-hydroxylation sites is 1. The summed E-state index contributed by atoms with van der Waals surface area (Å²) in [7, 11) is 0. The van der Waals surface area contributed by atoms with Gasteiger partial charge in [-0.3, -0.25) is 0 Å². The Hall–Kier alpha value is -3.23. The van der Waals surface area contributed by atoms with Crippen LogP contribution in [0.2, 0.25) is 5.02 Å². The zero-order chi connectivity index (χ0) is 22.1. The van der Waals surface area contributed by atoms with Crippen LogP contribution in [0.5, 0.6) is 0 Å². The van der Waals surface area contributed by atoms with Gasteiger partial charge in [-0.05, 0) is 69.3 Å². The van der Waals surface area contributed by atoms with E-state index in [-0.39, 0.29) is 0 Å². The van der Waals surface area contributed by atoms with Crippen LogP contribution < -0.4 is 26.2 Å². The van der Waals surface area contributed by atoms with E-state index in [1.54, 1.807) is 0 Å². The molecule has 1 aliphatic rings. The number of fused-ring (bicyclic) bond motifs is 2. The van der Waals surface area contributed by atoms with Crippen molar-refractivity contribution in [1.29, 1.82) is 0 Å². The van der Waals surface area contributed by atoms with Crippen molar-refractivity contribution in [3.63, 3.8) is 0 Å². The van der Waals surface area contributed by atoms with E-state index in [2.05, 4.69) is 90.3 Å². The lowest BCUT2D eigenvalue weighted by molar-refractivity contribution is 0.965. The molecule has 0 unspecified atom stereocenters. The highest BCUT2D eigenvalue weighted by Crippen LogP contribution is 2.20. The summed E-state index contributed by atoms with van der Waals surface area (Å²) in [5.41, 5.74) is 6.03. The fraction of sp³-hybridized carbons (Fsp3) is 0.172. The number of hydrogen-bond acceptors (Lipinski definition) is 1. The number of nitrogens with one attached hydrogen (secondary N) is 2. The van der Waals surface area contributed by atoms with Crippen LogP contribution in [-0.4, -0.2) is 4.98 Å². The molecular formula is C29H27ClN2. The second-order valence-electron chi connectivity index (χ2n) is 8.49. The SMILES string of the molecule is C=c1c(Cl)c(NCc2ccc(CCc3c[nH]c4ccccc34)cc2)c(=C)c2c1=CCCC=2. The molecule has 160 valence electrons. The van der Waals surface area contributed by atoms with E-state index in [9.17, 15) is 0 Å². The number of aromatic amines is 1. The van der Waals surface area contributed by atoms with Gasteiger partial charge in [0.25, 0.3) is 0 Å². The van der Waals surface area contributed by atoms with Crippen LogP contribution in [0.15, 0.2) is 54.7 Å². The molecule has 1 aliphatic carbocycles. The Morgan fingerprint density at radius 2 is 1.53 bits per heavy atom. The third-order valence-corrected chi connectivity index (χ3v) is 6.86. The zero-order valence-corrected chi connectivity index (χ0v) is 18.9. The second-order valence-corrected chi connectivity index (χ2v) is 8.87. The topological polar surface area (TPSA) is 27.8 Å². The van der Waals surface area contributed by atoms with Crippen molar-refractivity contribution in [3.8, 4) is 0 Å². The minimum absolute atomic E-state index is 0.677. The van der Waals surface area contributed by atoms with E-state index in [4.69, 9.17) is 11.6 Å². The molecule has 0 saturated heterocycles. The Kier molecular flexibility index (Phi) is 5.63. The van der Waals surface area contributed by atoms with Crippen molar-refractivity contribution in [1.82, 2.24) is 4.98 Å². The van der Waals surface area contributed by atoms with Crippen LogP contribution in [-0.2, 0) is 19.4 Å². The number of aryl methyl sites for hydroxylation is 2. The van der Waals surface area contributed by atoms with Crippen LogP contribution in [0, 0.1) is 0 Å². The quantitative estimate of drug-likeness (QED) is 0.459. The number of H-pyrrole nitrogens is 1. The first kappa shape index (κ1) is 20.7. The average molecular weight is 439 g/mol. The Morgan fingerprint density at radius 3 is 2.31 bits per heavy atom. The van der Waals surface area contributed by atoms with Crippen molar-refractivity contribution < 1.29 is 0 Å². The minimum Gasteiger partial charge on any atom is -0.379 e. The molecule has 4 aromatic rings. The van der Waals surface area contributed by atoms with E-state index in [0.29, 0.717) is 11.6 Å². The normalized spacial score (nSPS) is 12.8. The van der Waals surface area contributed by atoms with Gasteiger partial charge < -0.3 is 10.3 Å². The Balaban J connectivity index is 1.28.